The molecular weight excluding hydrogens is 382 g/mol. The molecule has 7 heteroatoms. The van der Waals surface area contributed by atoms with Gasteiger partial charge in [-0.15, -0.1) is 0 Å². The molecule has 0 aliphatic carbocycles. The lowest BCUT2D eigenvalue weighted by molar-refractivity contribution is -0.122. The molecule has 3 rings (SSSR count). The van der Waals surface area contributed by atoms with E-state index in [1.165, 1.54) is 6.92 Å². The van der Waals surface area contributed by atoms with E-state index in [9.17, 15) is 15.0 Å². The molecule has 3 aromatic rings. The van der Waals surface area contributed by atoms with Gasteiger partial charge in [0.2, 0.25) is 11.8 Å². The zero-order chi connectivity index (χ0) is 21.6. The number of nitrogens with zero attached hydrogens (tertiary/aromatic N) is 2. The van der Waals surface area contributed by atoms with Gasteiger partial charge >= 0.3 is 0 Å². The van der Waals surface area contributed by atoms with Crippen LogP contribution in [-0.2, 0) is 11.2 Å². The quantitative estimate of drug-likeness (QED) is 0.530. The van der Waals surface area contributed by atoms with Crippen LogP contribution in [0.3, 0.4) is 0 Å². The smallest absolute Gasteiger partial charge is 0.226 e. The molecule has 0 fully saturated rings. The molecule has 154 valence electrons. The first kappa shape index (κ1) is 21.2. The van der Waals surface area contributed by atoms with Crippen molar-refractivity contribution in [1.82, 2.24) is 10.3 Å². The zero-order valence-corrected chi connectivity index (χ0v) is 16.6. The molecule has 1 amide bonds. The summed E-state index contributed by atoms with van der Waals surface area (Å²) in [6.07, 6.45) is 2.57. The number of benzene rings is 2. The van der Waals surface area contributed by atoms with Gasteiger partial charge in [-0.2, -0.15) is 5.26 Å². The molecule has 1 aromatic heterocycles. The third kappa shape index (κ3) is 4.92. The minimum Gasteiger partial charge on any atom is -0.444 e. The van der Waals surface area contributed by atoms with Crippen molar-refractivity contribution in [3.8, 4) is 28.8 Å². The Kier molecular flexibility index (Phi) is 6.62. The number of carbonyl (C=O) groups excluding carboxylic acids is 1. The van der Waals surface area contributed by atoms with E-state index < -0.39 is 5.54 Å². The maximum absolute atomic E-state index is 11.4. The Bertz CT molecular complexity index is 1030. The number of amides is 1. The van der Waals surface area contributed by atoms with E-state index in [0.717, 1.165) is 16.7 Å². The van der Waals surface area contributed by atoms with Gasteiger partial charge in [-0.05, 0) is 42.7 Å². The Hall–Kier alpha value is -3.47. The van der Waals surface area contributed by atoms with Gasteiger partial charge in [0.15, 0.2) is 0 Å². The average Bonchev–Trinajstić information content (AvgIpc) is 3.27. The van der Waals surface area contributed by atoms with Gasteiger partial charge in [0.25, 0.3) is 0 Å². The Morgan fingerprint density at radius 2 is 1.73 bits per heavy atom. The molecule has 0 unspecified atom stereocenters. The van der Waals surface area contributed by atoms with Crippen molar-refractivity contribution in [1.29, 1.82) is 5.26 Å². The van der Waals surface area contributed by atoms with Gasteiger partial charge in [0, 0.05) is 18.1 Å². The predicted molar refractivity (Wildman–Crippen MR) is 111 cm³/mol. The number of aliphatic hydroxyl groups excluding tert-OH is 2. The van der Waals surface area contributed by atoms with Gasteiger partial charge in [-0.25, -0.2) is 4.98 Å². The van der Waals surface area contributed by atoms with Crippen LogP contribution >= 0.6 is 0 Å². The highest BCUT2D eigenvalue weighted by atomic mass is 16.3. The van der Waals surface area contributed by atoms with Crippen LogP contribution in [0.15, 0.2) is 59.2 Å². The lowest BCUT2D eigenvalue weighted by atomic mass is 9.92. The van der Waals surface area contributed by atoms with Crippen LogP contribution in [0.25, 0.3) is 22.7 Å². The minimum atomic E-state index is -1.04. The Balaban J connectivity index is 1.69. The fourth-order valence-corrected chi connectivity index (χ4v) is 3.18. The van der Waals surface area contributed by atoms with Crippen molar-refractivity contribution in [2.75, 3.05) is 13.2 Å². The molecule has 0 atom stereocenters. The minimum absolute atomic E-state index is 0.294. The number of nitrogens with one attached hydrogen (secondary N) is 1. The molecule has 0 spiro atoms. The number of aromatic nitrogens is 1. The van der Waals surface area contributed by atoms with Gasteiger partial charge in [-0.1, -0.05) is 24.3 Å². The summed E-state index contributed by atoms with van der Waals surface area (Å²) in [4.78, 5) is 15.9. The van der Waals surface area contributed by atoms with E-state index in [0.29, 0.717) is 30.0 Å². The van der Waals surface area contributed by atoms with Crippen LogP contribution in [0.2, 0.25) is 0 Å². The summed E-state index contributed by atoms with van der Waals surface area (Å²) in [7, 11) is 0. The second-order valence-electron chi connectivity index (χ2n) is 7.20. The molecule has 0 aliphatic rings. The summed E-state index contributed by atoms with van der Waals surface area (Å²) < 4.78 is 5.58. The van der Waals surface area contributed by atoms with E-state index in [4.69, 9.17) is 9.68 Å². The van der Waals surface area contributed by atoms with E-state index in [-0.39, 0.29) is 19.1 Å². The Morgan fingerprint density at radius 1 is 1.10 bits per heavy atom. The first-order chi connectivity index (χ1) is 14.5. The van der Waals surface area contributed by atoms with Crippen molar-refractivity contribution < 1.29 is 19.4 Å². The Labute approximate surface area is 174 Å². The molecule has 0 saturated heterocycles. The van der Waals surface area contributed by atoms with E-state index in [1.807, 2.05) is 24.3 Å². The molecule has 30 heavy (non-hydrogen) atoms. The van der Waals surface area contributed by atoms with Crippen molar-refractivity contribution in [2.24, 2.45) is 0 Å². The van der Waals surface area contributed by atoms with Crippen LogP contribution < -0.4 is 5.32 Å². The van der Waals surface area contributed by atoms with Gasteiger partial charge < -0.3 is 19.9 Å². The number of hydrogen-bond acceptors (Lipinski definition) is 6. The van der Waals surface area contributed by atoms with Crippen LogP contribution in [0, 0.1) is 11.3 Å². The number of oxazole rings is 1. The number of rotatable bonds is 8. The van der Waals surface area contributed by atoms with Crippen LogP contribution in [0.1, 0.15) is 24.5 Å². The summed E-state index contributed by atoms with van der Waals surface area (Å²) in [6, 6.07) is 16.8. The SMILES string of the molecule is CC(=O)NC(CO)(CO)CCc1ccc(-c2coc(-c3ccc(C#N)cc3)n2)cc1. The summed E-state index contributed by atoms with van der Waals surface area (Å²) in [5.41, 5.74) is 2.92. The molecule has 0 aliphatic heterocycles. The molecule has 0 bridgehead atoms. The average molecular weight is 405 g/mol. The van der Waals surface area contributed by atoms with Crippen LogP contribution in [-0.4, -0.2) is 39.9 Å². The van der Waals surface area contributed by atoms with Crippen molar-refractivity contribution in [3.05, 3.63) is 65.9 Å². The first-order valence-corrected chi connectivity index (χ1v) is 9.54. The largest absolute Gasteiger partial charge is 0.444 e. The lowest BCUT2D eigenvalue weighted by Gasteiger charge is -2.30. The van der Waals surface area contributed by atoms with Gasteiger partial charge in [0.05, 0.1) is 30.4 Å². The van der Waals surface area contributed by atoms with Crippen molar-refractivity contribution >= 4 is 5.91 Å². The zero-order valence-electron chi connectivity index (χ0n) is 16.6. The molecule has 1 heterocycles. The predicted octanol–water partition coefficient (Wildman–Crippen LogP) is 2.67. The van der Waals surface area contributed by atoms with E-state index >= 15 is 0 Å². The molecule has 3 N–H and O–H groups in total. The highest BCUT2D eigenvalue weighted by molar-refractivity contribution is 5.73. The normalized spacial score (nSPS) is 11.1. The number of aryl methyl sites for hydroxylation is 1. The maximum Gasteiger partial charge on any atom is 0.226 e. The highest BCUT2D eigenvalue weighted by Crippen LogP contribution is 2.25. The number of nitriles is 1. The third-order valence-electron chi connectivity index (χ3n) is 4.95. The fraction of sp³-hybridized carbons (Fsp3) is 0.261. The molecule has 0 saturated carbocycles. The maximum atomic E-state index is 11.4. The summed E-state index contributed by atoms with van der Waals surface area (Å²) in [5.74, 6) is 0.182. The number of aliphatic hydroxyl groups is 2. The summed E-state index contributed by atoms with van der Waals surface area (Å²) in [6.45, 7) is 0.690. The topological polar surface area (TPSA) is 119 Å². The van der Waals surface area contributed by atoms with Gasteiger partial charge in [-0.3, -0.25) is 4.79 Å². The standard InChI is InChI=1S/C23H23N3O4/c1-16(29)26-23(14-27,15-28)11-10-17-2-6-19(7-3-17)21-13-30-22(25-21)20-8-4-18(12-24)5-9-20/h2-9,13,27-28H,10-11,14-15H2,1H3,(H,26,29). The second kappa shape index (κ2) is 9.35. The van der Waals surface area contributed by atoms with E-state index in [1.54, 1.807) is 30.5 Å². The van der Waals surface area contributed by atoms with E-state index in [2.05, 4.69) is 16.4 Å². The summed E-state index contributed by atoms with van der Waals surface area (Å²) >= 11 is 0. The molecular formula is C23H23N3O4. The third-order valence-corrected chi connectivity index (χ3v) is 4.95. The number of hydrogen-bond donors (Lipinski definition) is 3. The molecule has 2 aromatic carbocycles. The van der Waals surface area contributed by atoms with Crippen LogP contribution in [0.5, 0.6) is 0 Å². The molecule has 0 radical (unpaired) electrons. The highest BCUT2D eigenvalue weighted by Gasteiger charge is 2.29. The second-order valence-corrected chi connectivity index (χ2v) is 7.20. The lowest BCUT2D eigenvalue weighted by Crippen LogP contribution is -2.53. The van der Waals surface area contributed by atoms with Crippen LogP contribution in [0.4, 0.5) is 0 Å². The molecule has 7 nitrogen and oxygen atoms in total. The Morgan fingerprint density at radius 3 is 2.30 bits per heavy atom. The van der Waals surface area contributed by atoms with Crippen molar-refractivity contribution in [2.45, 2.75) is 25.3 Å². The number of carbonyl (C=O) groups is 1. The summed E-state index contributed by atoms with van der Waals surface area (Å²) in [5, 5.41) is 30.8. The first-order valence-electron chi connectivity index (χ1n) is 9.54. The monoisotopic (exact) mass is 405 g/mol. The van der Waals surface area contributed by atoms with Gasteiger partial charge in [0.1, 0.15) is 12.0 Å². The van der Waals surface area contributed by atoms with Crippen molar-refractivity contribution in [3.63, 3.8) is 0 Å². The fourth-order valence-electron chi connectivity index (χ4n) is 3.18.